The van der Waals surface area contributed by atoms with Crippen molar-refractivity contribution in [2.45, 2.75) is 26.3 Å². The Morgan fingerprint density at radius 3 is 2.54 bits per heavy atom. The quantitative estimate of drug-likeness (QED) is 0.782. The van der Waals surface area contributed by atoms with Crippen molar-refractivity contribution in [3.8, 4) is 11.5 Å². The molecule has 0 fully saturated rings. The molecule has 6 nitrogen and oxygen atoms in total. The number of aromatic nitrogens is 3. The minimum Gasteiger partial charge on any atom is -0.457 e. The van der Waals surface area contributed by atoms with Crippen LogP contribution in [0.25, 0.3) is 0 Å². The highest BCUT2D eigenvalue weighted by molar-refractivity contribution is 5.92. The van der Waals surface area contributed by atoms with Crippen molar-refractivity contribution in [2.24, 2.45) is 5.92 Å². The Morgan fingerprint density at radius 2 is 1.81 bits per heavy atom. The molecule has 3 aromatic rings. The molecule has 1 N–H and O–H groups in total. The van der Waals surface area contributed by atoms with Gasteiger partial charge in [0.2, 0.25) is 5.91 Å². The molecule has 0 radical (unpaired) electrons. The fourth-order valence-corrected chi connectivity index (χ4v) is 3.05. The van der Waals surface area contributed by atoms with E-state index in [4.69, 9.17) is 4.74 Å². The smallest absolute Gasteiger partial charge is 0.228 e. The first kappa shape index (κ1) is 16.3. The second-order valence-corrected chi connectivity index (χ2v) is 6.52. The number of carbonyl (C=O) groups excluding carboxylic acids is 1. The Kier molecular flexibility index (Phi) is 4.39. The molecule has 4 rings (SSSR count). The molecule has 1 unspecified atom stereocenters. The van der Waals surface area contributed by atoms with Gasteiger partial charge in [0.05, 0.1) is 0 Å². The zero-order valence-electron chi connectivity index (χ0n) is 14.6. The third-order valence-corrected chi connectivity index (χ3v) is 4.56. The fraction of sp³-hybridized carbons (Fsp3) is 0.250. The molecule has 1 amide bonds. The first-order chi connectivity index (χ1) is 12.7. The van der Waals surface area contributed by atoms with Crippen LogP contribution in [0.2, 0.25) is 0 Å². The largest absolute Gasteiger partial charge is 0.457 e. The molecule has 0 spiro atoms. The molecule has 0 bridgehead atoms. The van der Waals surface area contributed by atoms with Crippen LogP contribution in [-0.4, -0.2) is 20.7 Å². The van der Waals surface area contributed by atoms with E-state index < -0.39 is 0 Å². The Hall–Kier alpha value is -3.15. The highest BCUT2D eigenvalue weighted by Gasteiger charge is 2.26. The van der Waals surface area contributed by atoms with Gasteiger partial charge in [0.1, 0.15) is 23.7 Å². The molecule has 6 heteroatoms. The van der Waals surface area contributed by atoms with E-state index in [0.717, 1.165) is 36.0 Å². The summed E-state index contributed by atoms with van der Waals surface area (Å²) < 4.78 is 7.67. The number of fused-ring (bicyclic) bond motifs is 1. The third kappa shape index (κ3) is 3.59. The van der Waals surface area contributed by atoms with E-state index >= 15 is 0 Å². The first-order valence-corrected chi connectivity index (χ1v) is 8.69. The summed E-state index contributed by atoms with van der Waals surface area (Å²) in [6, 6.07) is 15.3. The van der Waals surface area contributed by atoms with Crippen molar-refractivity contribution in [1.82, 2.24) is 14.8 Å². The van der Waals surface area contributed by atoms with Crippen molar-refractivity contribution in [3.63, 3.8) is 0 Å². The second-order valence-electron chi connectivity index (χ2n) is 6.52. The molecule has 1 aromatic heterocycles. The molecule has 0 aliphatic carbocycles. The molecule has 2 heterocycles. The van der Waals surface area contributed by atoms with Crippen molar-refractivity contribution in [1.29, 1.82) is 0 Å². The zero-order chi connectivity index (χ0) is 17.9. The van der Waals surface area contributed by atoms with E-state index in [0.29, 0.717) is 6.42 Å². The number of ether oxygens (including phenoxy) is 1. The number of benzene rings is 2. The zero-order valence-corrected chi connectivity index (χ0v) is 14.6. The van der Waals surface area contributed by atoms with E-state index in [2.05, 4.69) is 15.4 Å². The molecule has 26 heavy (non-hydrogen) atoms. The first-order valence-electron chi connectivity index (χ1n) is 8.69. The van der Waals surface area contributed by atoms with E-state index in [-0.39, 0.29) is 11.8 Å². The van der Waals surface area contributed by atoms with E-state index in [9.17, 15) is 4.79 Å². The van der Waals surface area contributed by atoms with Crippen molar-refractivity contribution < 1.29 is 9.53 Å². The monoisotopic (exact) mass is 348 g/mol. The minimum atomic E-state index is -0.0739. The number of anilines is 1. The fourth-order valence-electron chi connectivity index (χ4n) is 3.05. The summed E-state index contributed by atoms with van der Waals surface area (Å²) in [5, 5.41) is 7.12. The second kappa shape index (κ2) is 7.00. The van der Waals surface area contributed by atoms with Crippen LogP contribution in [0.1, 0.15) is 17.8 Å². The van der Waals surface area contributed by atoms with Gasteiger partial charge in [-0.1, -0.05) is 17.7 Å². The highest BCUT2D eigenvalue weighted by atomic mass is 16.5. The number of hydrogen-bond donors (Lipinski definition) is 1. The van der Waals surface area contributed by atoms with Crippen LogP contribution in [0.3, 0.4) is 0 Å². The Bertz CT molecular complexity index is 900. The van der Waals surface area contributed by atoms with Gasteiger partial charge in [0.15, 0.2) is 0 Å². The number of amides is 1. The van der Waals surface area contributed by atoms with Crippen LogP contribution < -0.4 is 10.1 Å². The highest BCUT2D eigenvalue weighted by Crippen LogP contribution is 2.24. The van der Waals surface area contributed by atoms with Gasteiger partial charge >= 0.3 is 0 Å². The maximum atomic E-state index is 12.5. The average molecular weight is 348 g/mol. The third-order valence-electron chi connectivity index (χ3n) is 4.56. The lowest BCUT2D eigenvalue weighted by Crippen LogP contribution is -2.30. The van der Waals surface area contributed by atoms with Gasteiger partial charge in [-0.05, 0) is 49.7 Å². The van der Waals surface area contributed by atoms with Gasteiger partial charge in [-0.25, -0.2) is 4.98 Å². The van der Waals surface area contributed by atoms with Crippen LogP contribution >= 0.6 is 0 Å². The SMILES string of the molecule is Cc1ccc(Oc2ccc(NC(=O)C3CCn4ncnc4C3)cc2)cc1. The lowest BCUT2D eigenvalue weighted by molar-refractivity contribution is -0.120. The van der Waals surface area contributed by atoms with Crippen molar-refractivity contribution in [3.05, 3.63) is 66.2 Å². The molecule has 0 saturated heterocycles. The van der Waals surface area contributed by atoms with Gasteiger partial charge in [0, 0.05) is 24.6 Å². The number of nitrogens with zero attached hydrogens (tertiary/aromatic N) is 3. The van der Waals surface area contributed by atoms with Gasteiger partial charge in [0.25, 0.3) is 0 Å². The molecule has 1 atom stereocenters. The van der Waals surface area contributed by atoms with E-state index in [1.807, 2.05) is 60.1 Å². The summed E-state index contributed by atoms with van der Waals surface area (Å²) >= 11 is 0. The number of carbonyl (C=O) groups is 1. The maximum Gasteiger partial charge on any atom is 0.228 e. The summed E-state index contributed by atoms with van der Waals surface area (Å²) in [6.07, 6.45) is 2.94. The maximum absolute atomic E-state index is 12.5. The standard InChI is InChI=1S/C20H20N4O2/c1-14-2-6-17(7-3-14)26-18-8-4-16(5-9-18)23-20(25)15-10-11-24-19(12-15)21-13-22-24/h2-9,13,15H,10-12H2,1H3,(H,23,25). The van der Waals surface area contributed by atoms with E-state index in [1.54, 1.807) is 6.33 Å². The number of nitrogens with one attached hydrogen (secondary N) is 1. The summed E-state index contributed by atoms with van der Waals surface area (Å²) in [4.78, 5) is 16.7. The molecule has 2 aromatic carbocycles. The Labute approximate surface area is 151 Å². The van der Waals surface area contributed by atoms with Gasteiger partial charge < -0.3 is 10.1 Å². The van der Waals surface area contributed by atoms with Crippen molar-refractivity contribution in [2.75, 3.05) is 5.32 Å². The van der Waals surface area contributed by atoms with E-state index in [1.165, 1.54) is 5.56 Å². The molecule has 1 aliphatic rings. The van der Waals surface area contributed by atoms with Crippen LogP contribution in [0, 0.1) is 12.8 Å². The average Bonchev–Trinajstić information content (AvgIpc) is 3.13. The topological polar surface area (TPSA) is 69.0 Å². The van der Waals surface area contributed by atoms with Crippen LogP contribution in [0.5, 0.6) is 11.5 Å². The molecular weight excluding hydrogens is 328 g/mol. The summed E-state index contributed by atoms with van der Waals surface area (Å²) in [7, 11) is 0. The summed E-state index contributed by atoms with van der Waals surface area (Å²) in [5.41, 5.74) is 1.95. The molecule has 132 valence electrons. The molecular formula is C20H20N4O2. The summed E-state index contributed by atoms with van der Waals surface area (Å²) in [5.74, 6) is 2.34. The Balaban J connectivity index is 1.36. The lowest BCUT2D eigenvalue weighted by Gasteiger charge is -2.21. The Morgan fingerprint density at radius 1 is 1.12 bits per heavy atom. The van der Waals surface area contributed by atoms with Crippen molar-refractivity contribution >= 4 is 11.6 Å². The lowest BCUT2D eigenvalue weighted by atomic mass is 9.97. The predicted octanol–water partition coefficient (Wildman–Crippen LogP) is 3.58. The van der Waals surface area contributed by atoms with Gasteiger partial charge in [-0.15, -0.1) is 0 Å². The predicted molar refractivity (Wildman–Crippen MR) is 98.2 cm³/mol. The van der Waals surface area contributed by atoms with Crippen LogP contribution in [-0.2, 0) is 17.8 Å². The summed E-state index contributed by atoms with van der Waals surface area (Å²) in [6.45, 7) is 2.77. The molecule has 0 saturated carbocycles. The van der Waals surface area contributed by atoms with Crippen LogP contribution in [0.4, 0.5) is 5.69 Å². The number of hydrogen-bond acceptors (Lipinski definition) is 4. The van der Waals surface area contributed by atoms with Crippen LogP contribution in [0.15, 0.2) is 54.9 Å². The van der Waals surface area contributed by atoms with Gasteiger partial charge in [-0.3, -0.25) is 9.48 Å². The minimum absolute atomic E-state index is 0.0199. The number of aryl methyl sites for hydroxylation is 2. The normalized spacial score (nSPS) is 16.0. The number of rotatable bonds is 4. The van der Waals surface area contributed by atoms with Gasteiger partial charge in [-0.2, -0.15) is 5.10 Å². The molecule has 1 aliphatic heterocycles.